The van der Waals surface area contributed by atoms with Gasteiger partial charge in [0.1, 0.15) is 0 Å². The van der Waals surface area contributed by atoms with Crippen molar-refractivity contribution in [1.29, 1.82) is 0 Å². The summed E-state index contributed by atoms with van der Waals surface area (Å²) >= 11 is 0. The molecule has 1 atom stereocenters. The third-order valence-electron chi connectivity index (χ3n) is 3.92. The first kappa shape index (κ1) is 10.7. The number of hydrogen-bond acceptors (Lipinski definition) is 1. The van der Waals surface area contributed by atoms with Crippen LogP contribution in [-0.2, 0) is 13.5 Å². The molecule has 0 aliphatic carbocycles. The summed E-state index contributed by atoms with van der Waals surface area (Å²) in [5, 5.41) is 3.63. The van der Waals surface area contributed by atoms with Crippen LogP contribution in [0.4, 0.5) is 0 Å². The topological polar surface area (TPSA) is 17.0 Å². The standard InChI is InChI=1S/C13H22N2/c1-10-8-12(11(2)15(10)4)9-13(3)6-5-7-14-13/h8,14H,5-7,9H2,1-4H3. The third kappa shape index (κ3) is 1.96. The molecule has 0 saturated carbocycles. The zero-order valence-corrected chi connectivity index (χ0v) is 10.4. The minimum absolute atomic E-state index is 0.332. The highest BCUT2D eigenvalue weighted by molar-refractivity contribution is 5.28. The minimum atomic E-state index is 0.332. The second-order valence-electron chi connectivity index (χ2n) is 5.22. The van der Waals surface area contributed by atoms with E-state index >= 15 is 0 Å². The summed E-state index contributed by atoms with van der Waals surface area (Å²) in [6.07, 6.45) is 3.79. The Hall–Kier alpha value is -0.760. The molecule has 1 saturated heterocycles. The van der Waals surface area contributed by atoms with Gasteiger partial charge in [0.2, 0.25) is 0 Å². The van der Waals surface area contributed by atoms with Crippen LogP contribution < -0.4 is 5.32 Å². The van der Waals surface area contributed by atoms with Crippen molar-refractivity contribution in [3.8, 4) is 0 Å². The Morgan fingerprint density at radius 1 is 1.47 bits per heavy atom. The Kier molecular flexibility index (Phi) is 2.63. The number of nitrogens with one attached hydrogen (secondary N) is 1. The van der Waals surface area contributed by atoms with Crippen molar-refractivity contribution in [3.05, 3.63) is 23.0 Å². The van der Waals surface area contributed by atoms with Crippen molar-refractivity contribution in [2.75, 3.05) is 6.54 Å². The van der Waals surface area contributed by atoms with Gasteiger partial charge in [-0.15, -0.1) is 0 Å². The SMILES string of the molecule is Cc1cc(CC2(C)CCCN2)c(C)n1C. The number of nitrogens with zero attached hydrogens (tertiary/aromatic N) is 1. The van der Waals surface area contributed by atoms with Gasteiger partial charge in [-0.1, -0.05) is 0 Å². The Balaban J connectivity index is 2.20. The van der Waals surface area contributed by atoms with Crippen LogP contribution in [-0.4, -0.2) is 16.7 Å². The van der Waals surface area contributed by atoms with E-state index in [1.807, 2.05) is 0 Å². The monoisotopic (exact) mass is 206 g/mol. The molecule has 0 spiro atoms. The molecule has 0 aromatic carbocycles. The van der Waals surface area contributed by atoms with Crippen molar-refractivity contribution < 1.29 is 0 Å². The average Bonchev–Trinajstić information content (AvgIpc) is 2.69. The van der Waals surface area contributed by atoms with Gasteiger partial charge in [0.25, 0.3) is 0 Å². The molecule has 2 heteroatoms. The lowest BCUT2D eigenvalue weighted by atomic mass is 9.91. The number of aromatic nitrogens is 1. The molecule has 1 fully saturated rings. The van der Waals surface area contributed by atoms with E-state index in [0.29, 0.717) is 5.54 Å². The fraction of sp³-hybridized carbons (Fsp3) is 0.692. The average molecular weight is 206 g/mol. The van der Waals surface area contributed by atoms with Crippen LogP contribution in [0.5, 0.6) is 0 Å². The van der Waals surface area contributed by atoms with Gasteiger partial charge in [-0.25, -0.2) is 0 Å². The molecule has 2 heterocycles. The zero-order chi connectivity index (χ0) is 11.1. The van der Waals surface area contributed by atoms with Gasteiger partial charge in [-0.05, 0) is 58.2 Å². The molecule has 1 N–H and O–H groups in total. The summed E-state index contributed by atoms with van der Waals surface area (Å²) in [5.41, 5.74) is 4.62. The maximum Gasteiger partial charge on any atom is 0.0194 e. The summed E-state index contributed by atoms with van der Waals surface area (Å²) in [5.74, 6) is 0. The van der Waals surface area contributed by atoms with Crippen LogP contribution in [0.25, 0.3) is 0 Å². The second-order valence-corrected chi connectivity index (χ2v) is 5.22. The molecule has 1 aliphatic heterocycles. The van der Waals surface area contributed by atoms with Gasteiger partial charge < -0.3 is 9.88 Å². The number of aryl methyl sites for hydroxylation is 1. The van der Waals surface area contributed by atoms with E-state index in [9.17, 15) is 0 Å². The van der Waals surface area contributed by atoms with E-state index in [1.54, 1.807) is 0 Å². The smallest absolute Gasteiger partial charge is 0.0194 e. The highest BCUT2D eigenvalue weighted by Gasteiger charge is 2.29. The lowest BCUT2D eigenvalue weighted by molar-refractivity contribution is 0.411. The fourth-order valence-electron chi connectivity index (χ4n) is 2.64. The molecule has 2 nitrogen and oxygen atoms in total. The van der Waals surface area contributed by atoms with E-state index in [0.717, 1.165) is 0 Å². The third-order valence-corrected chi connectivity index (χ3v) is 3.92. The van der Waals surface area contributed by atoms with Crippen molar-refractivity contribution in [2.24, 2.45) is 7.05 Å². The van der Waals surface area contributed by atoms with Gasteiger partial charge in [0, 0.05) is 24.0 Å². The van der Waals surface area contributed by atoms with Gasteiger partial charge in [0.15, 0.2) is 0 Å². The van der Waals surface area contributed by atoms with Crippen LogP contribution in [0.3, 0.4) is 0 Å². The Morgan fingerprint density at radius 3 is 2.67 bits per heavy atom. The zero-order valence-electron chi connectivity index (χ0n) is 10.4. The Morgan fingerprint density at radius 2 is 2.20 bits per heavy atom. The first-order valence-electron chi connectivity index (χ1n) is 5.89. The van der Waals surface area contributed by atoms with Crippen LogP contribution in [0, 0.1) is 13.8 Å². The molecule has 1 aromatic heterocycles. The van der Waals surface area contributed by atoms with Crippen LogP contribution in [0.2, 0.25) is 0 Å². The van der Waals surface area contributed by atoms with Gasteiger partial charge in [-0.2, -0.15) is 0 Å². The van der Waals surface area contributed by atoms with Crippen LogP contribution >= 0.6 is 0 Å². The lowest BCUT2D eigenvalue weighted by Gasteiger charge is -2.24. The van der Waals surface area contributed by atoms with E-state index < -0.39 is 0 Å². The Labute approximate surface area is 92.7 Å². The second kappa shape index (κ2) is 3.67. The van der Waals surface area contributed by atoms with Gasteiger partial charge in [-0.3, -0.25) is 0 Å². The van der Waals surface area contributed by atoms with Gasteiger partial charge >= 0.3 is 0 Å². The molecule has 0 radical (unpaired) electrons. The molecule has 1 aromatic rings. The molecule has 0 bridgehead atoms. The van der Waals surface area contributed by atoms with E-state index in [4.69, 9.17) is 0 Å². The predicted molar refractivity (Wildman–Crippen MR) is 64.2 cm³/mol. The highest BCUT2D eigenvalue weighted by Crippen LogP contribution is 2.26. The molecule has 2 rings (SSSR count). The molecule has 15 heavy (non-hydrogen) atoms. The maximum absolute atomic E-state index is 3.63. The number of hydrogen-bond donors (Lipinski definition) is 1. The first-order valence-corrected chi connectivity index (χ1v) is 5.89. The van der Waals surface area contributed by atoms with E-state index in [1.165, 1.54) is 42.8 Å². The first-order chi connectivity index (χ1) is 7.02. The summed E-state index contributed by atoms with van der Waals surface area (Å²) in [6.45, 7) is 7.94. The molecular weight excluding hydrogens is 184 g/mol. The van der Waals surface area contributed by atoms with Crippen LogP contribution in [0.1, 0.15) is 36.7 Å². The van der Waals surface area contributed by atoms with Crippen molar-refractivity contribution in [3.63, 3.8) is 0 Å². The quantitative estimate of drug-likeness (QED) is 0.786. The molecule has 84 valence electrons. The maximum atomic E-state index is 3.63. The molecule has 1 aliphatic rings. The molecule has 1 unspecified atom stereocenters. The van der Waals surface area contributed by atoms with Crippen LogP contribution in [0.15, 0.2) is 6.07 Å². The minimum Gasteiger partial charge on any atom is -0.352 e. The summed E-state index contributed by atoms with van der Waals surface area (Å²) in [7, 11) is 2.15. The highest BCUT2D eigenvalue weighted by atomic mass is 15.0. The predicted octanol–water partition coefficient (Wildman–Crippen LogP) is 2.33. The summed E-state index contributed by atoms with van der Waals surface area (Å²) in [4.78, 5) is 0. The van der Waals surface area contributed by atoms with E-state index in [2.05, 4.69) is 43.8 Å². The molecule has 0 amide bonds. The van der Waals surface area contributed by atoms with Crippen molar-refractivity contribution in [1.82, 2.24) is 9.88 Å². The summed E-state index contributed by atoms with van der Waals surface area (Å²) in [6, 6.07) is 2.33. The van der Waals surface area contributed by atoms with Gasteiger partial charge in [0.05, 0.1) is 0 Å². The fourth-order valence-corrected chi connectivity index (χ4v) is 2.64. The largest absolute Gasteiger partial charge is 0.352 e. The normalized spacial score (nSPS) is 26.1. The Bertz CT molecular complexity index is 357. The number of rotatable bonds is 2. The lowest BCUT2D eigenvalue weighted by Crippen LogP contribution is -2.38. The molecular formula is C13H22N2. The summed E-state index contributed by atoms with van der Waals surface area (Å²) < 4.78 is 2.29. The van der Waals surface area contributed by atoms with Crippen molar-refractivity contribution in [2.45, 2.75) is 45.6 Å². The van der Waals surface area contributed by atoms with E-state index in [-0.39, 0.29) is 0 Å². The van der Waals surface area contributed by atoms with Crippen molar-refractivity contribution >= 4 is 0 Å².